The number of hydrogen-bond donors (Lipinski definition) is 3. The first kappa shape index (κ1) is 15.5. The van der Waals surface area contributed by atoms with Crippen LogP contribution in [-0.4, -0.2) is 50.5 Å². The van der Waals surface area contributed by atoms with Crippen LogP contribution < -0.4 is 10.6 Å². The van der Waals surface area contributed by atoms with Crippen molar-refractivity contribution in [2.24, 2.45) is 4.99 Å². The fraction of sp³-hybridized carbons (Fsp3) is 0.615. The highest BCUT2D eigenvalue weighted by Gasteiger charge is 1.98. The molecule has 0 spiro atoms. The maximum absolute atomic E-state index is 8.57. The fourth-order valence-corrected chi connectivity index (χ4v) is 1.49. The van der Waals surface area contributed by atoms with Crippen LogP contribution in [0.4, 0.5) is 0 Å². The van der Waals surface area contributed by atoms with Crippen molar-refractivity contribution in [3.63, 3.8) is 0 Å². The first-order chi connectivity index (χ1) is 9.36. The number of furan rings is 1. The summed E-state index contributed by atoms with van der Waals surface area (Å²) in [7, 11) is 0. The van der Waals surface area contributed by atoms with Crippen molar-refractivity contribution in [3.05, 3.63) is 24.2 Å². The molecular formula is C13H23N3O3. The number of hydrogen-bond acceptors (Lipinski definition) is 4. The van der Waals surface area contributed by atoms with E-state index < -0.39 is 0 Å². The van der Waals surface area contributed by atoms with Gasteiger partial charge in [-0.05, 0) is 19.1 Å². The molecule has 0 aliphatic heterocycles. The maximum atomic E-state index is 8.57. The molecule has 0 saturated heterocycles. The summed E-state index contributed by atoms with van der Waals surface area (Å²) in [5.41, 5.74) is 0. The molecule has 108 valence electrons. The van der Waals surface area contributed by atoms with Gasteiger partial charge in [-0.25, -0.2) is 0 Å². The van der Waals surface area contributed by atoms with Crippen molar-refractivity contribution in [1.29, 1.82) is 0 Å². The topological polar surface area (TPSA) is 79.0 Å². The van der Waals surface area contributed by atoms with Crippen molar-refractivity contribution in [3.8, 4) is 0 Å². The van der Waals surface area contributed by atoms with Crippen LogP contribution in [0.15, 0.2) is 27.8 Å². The molecule has 0 aliphatic rings. The first-order valence-electron chi connectivity index (χ1n) is 6.60. The van der Waals surface area contributed by atoms with E-state index in [-0.39, 0.29) is 6.61 Å². The third kappa shape index (κ3) is 7.48. The molecule has 0 saturated carbocycles. The number of ether oxygens (including phenoxy) is 1. The average molecular weight is 269 g/mol. The van der Waals surface area contributed by atoms with Crippen LogP contribution in [-0.2, 0) is 11.2 Å². The number of aliphatic hydroxyl groups excluding tert-OH is 1. The molecule has 6 nitrogen and oxygen atoms in total. The van der Waals surface area contributed by atoms with Gasteiger partial charge < -0.3 is 24.9 Å². The Hall–Kier alpha value is -1.53. The normalized spacial score (nSPS) is 11.6. The van der Waals surface area contributed by atoms with Crippen molar-refractivity contribution < 1.29 is 14.3 Å². The fourth-order valence-electron chi connectivity index (χ4n) is 1.49. The maximum Gasteiger partial charge on any atom is 0.191 e. The van der Waals surface area contributed by atoms with E-state index in [2.05, 4.69) is 15.6 Å². The number of rotatable bonds is 9. The summed E-state index contributed by atoms with van der Waals surface area (Å²) < 4.78 is 10.4. The average Bonchev–Trinajstić information content (AvgIpc) is 2.91. The highest BCUT2D eigenvalue weighted by molar-refractivity contribution is 5.79. The van der Waals surface area contributed by atoms with Crippen LogP contribution in [0, 0.1) is 0 Å². The zero-order valence-corrected chi connectivity index (χ0v) is 11.4. The summed E-state index contributed by atoms with van der Waals surface area (Å²) in [5, 5.41) is 15.0. The van der Waals surface area contributed by atoms with E-state index in [1.807, 2.05) is 19.1 Å². The lowest BCUT2D eigenvalue weighted by Gasteiger charge is -2.10. The third-order valence-corrected chi connectivity index (χ3v) is 2.33. The lowest BCUT2D eigenvalue weighted by atomic mass is 10.3. The Morgan fingerprint density at radius 1 is 1.42 bits per heavy atom. The van der Waals surface area contributed by atoms with Crippen molar-refractivity contribution in [2.45, 2.75) is 13.3 Å². The van der Waals surface area contributed by atoms with E-state index in [0.29, 0.717) is 19.8 Å². The predicted molar refractivity (Wildman–Crippen MR) is 74.3 cm³/mol. The Kier molecular flexibility index (Phi) is 8.50. The molecular weight excluding hydrogens is 246 g/mol. The zero-order chi connectivity index (χ0) is 13.8. The number of nitrogens with one attached hydrogen (secondary N) is 2. The van der Waals surface area contributed by atoms with Crippen LogP contribution >= 0.6 is 0 Å². The molecule has 0 atom stereocenters. The number of aliphatic imine (C=N–C) groups is 1. The summed E-state index contributed by atoms with van der Waals surface area (Å²) in [5.74, 6) is 1.72. The van der Waals surface area contributed by atoms with Crippen molar-refractivity contribution in [1.82, 2.24) is 10.6 Å². The molecule has 1 rings (SSSR count). The van der Waals surface area contributed by atoms with Crippen molar-refractivity contribution >= 4 is 5.96 Å². The second kappa shape index (κ2) is 10.4. The highest BCUT2D eigenvalue weighted by atomic mass is 16.5. The molecule has 0 amide bonds. The van der Waals surface area contributed by atoms with Crippen LogP contribution in [0.3, 0.4) is 0 Å². The summed E-state index contributed by atoms with van der Waals surface area (Å²) in [6.07, 6.45) is 2.49. The Morgan fingerprint density at radius 3 is 3.00 bits per heavy atom. The summed E-state index contributed by atoms with van der Waals surface area (Å²) in [6, 6.07) is 3.83. The van der Waals surface area contributed by atoms with Gasteiger partial charge in [0.05, 0.1) is 32.6 Å². The minimum Gasteiger partial charge on any atom is -0.469 e. The molecule has 0 aromatic carbocycles. The van der Waals surface area contributed by atoms with Gasteiger partial charge >= 0.3 is 0 Å². The van der Waals surface area contributed by atoms with Crippen LogP contribution in [0.1, 0.15) is 12.7 Å². The smallest absolute Gasteiger partial charge is 0.191 e. The second-order valence-electron chi connectivity index (χ2n) is 3.85. The standard InChI is InChI=1S/C13H23N3O3/c1-2-14-13(16-7-10-18-11-8-17)15-6-5-12-4-3-9-19-12/h3-4,9,17H,2,5-8,10-11H2,1H3,(H2,14,15,16). The molecule has 1 heterocycles. The lowest BCUT2D eigenvalue weighted by Crippen LogP contribution is -2.38. The SMILES string of the molecule is CCNC(=NCCOCCO)NCCc1ccco1. The largest absolute Gasteiger partial charge is 0.469 e. The van der Waals surface area contributed by atoms with E-state index in [1.54, 1.807) is 6.26 Å². The Balaban J connectivity index is 2.20. The monoisotopic (exact) mass is 269 g/mol. The van der Waals surface area contributed by atoms with Crippen LogP contribution in [0.25, 0.3) is 0 Å². The molecule has 0 unspecified atom stereocenters. The van der Waals surface area contributed by atoms with Gasteiger partial charge in [-0.15, -0.1) is 0 Å². The molecule has 3 N–H and O–H groups in total. The molecule has 6 heteroatoms. The molecule has 19 heavy (non-hydrogen) atoms. The predicted octanol–water partition coefficient (Wildman–Crippen LogP) is 0.386. The summed E-state index contributed by atoms with van der Waals surface area (Å²) in [6.45, 7) is 5.07. The molecule has 0 bridgehead atoms. The molecule has 0 aliphatic carbocycles. The first-order valence-corrected chi connectivity index (χ1v) is 6.60. The van der Waals surface area contributed by atoms with Crippen LogP contribution in [0.2, 0.25) is 0 Å². The van der Waals surface area contributed by atoms with Gasteiger partial charge in [-0.3, -0.25) is 4.99 Å². The molecule has 1 aromatic rings. The van der Waals surface area contributed by atoms with Gasteiger partial charge in [0.25, 0.3) is 0 Å². The summed E-state index contributed by atoms with van der Waals surface area (Å²) >= 11 is 0. The number of guanidine groups is 1. The highest BCUT2D eigenvalue weighted by Crippen LogP contribution is 1.99. The zero-order valence-electron chi connectivity index (χ0n) is 11.4. The van der Waals surface area contributed by atoms with E-state index in [0.717, 1.165) is 31.2 Å². The van der Waals surface area contributed by atoms with E-state index >= 15 is 0 Å². The van der Waals surface area contributed by atoms with Gasteiger partial charge in [0, 0.05) is 19.5 Å². The van der Waals surface area contributed by atoms with Gasteiger partial charge in [-0.1, -0.05) is 0 Å². The lowest BCUT2D eigenvalue weighted by molar-refractivity contribution is 0.0977. The Morgan fingerprint density at radius 2 is 2.32 bits per heavy atom. The van der Waals surface area contributed by atoms with E-state index in [9.17, 15) is 0 Å². The van der Waals surface area contributed by atoms with Crippen LogP contribution in [0.5, 0.6) is 0 Å². The van der Waals surface area contributed by atoms with Gasteiger partial charge in [0.1, 0.15) is 5.76 Å². The quantitative estimate of drug-likeness (QED) is 0.343. The molecule has 0 radical (unpaired) electrons. The number of nitrogens with zero attached hydrogens (tertiary/aromatic N) is 1. The van der Waals surface area contributed by atoms with E-state index in [1.165, 1.54) is 0 Å². The van der Waals surface area contributed by atoms with Crippen molar-refractivity contribution in [2.75, 3.05) is 39.5 Å². The Bertz CT molecular complexity index is 339. The summed E-state index contributed by atoms with van der Waals surface area (Å²) in [4.78, 5) is 4.36. The van der Waals surface area contributed by atoms with E-state index in [4.69, 9.17) is 14.3 Å². The van der Waals surface area contributed by atoms with Gasteiger partial charge in [-0.2, -0.15) is 0 Å². The third-order valence-electron chi connectivity index (χ3n) is 2.33. The Labute approximate surface area is 113 Å². The van der Waals surface area contributed by atoms with Gasteiger partial charge in [0.15, 0.2) is 5.96 Å². The molecule has 1 aromatic heterocycles. The second-order valence-corrected chi connectivity index (χ2v) is 3.85. The minimum absolute atomic E-state index is 0.0468. The molecule has 0 fully saturated rings. The number of aliphatic hydroxyl groups is 1. The minimum atomic E-state index is 0.0468. The van der Waals surface area contributed by atoms with Gasteiger partial charge in [0.2, 0.25) is 0 Å².